The van der Waals surface area contributed by atoms with Gasteiger partial charge in [-0.3, -0.25) is 4.79 Å². The molecule has 0 radical (unpaired) electrons. The van der Waals surface area contributed by atoms with Crippen LogP contribution in [0.1, 0.15) is 39.5 Å². The Kier molecular flexibility index (Phi) is 5.92. The van der Waals surface area contributed by atoms with Crippen molar-refractivity contribution in [2.45, 2.75) is 39.5 Å². The van der Waals surface area contributed by atoms with E-state index in [0.29, 0.717) is 18.9 Å². The van der Waals surface area contributed by atoms with E-state index in [1.807, 2.05) is 0 Å². The van der Waals surface area contributed by atoms with Gasteiger partial charge in [0, 0.05) is 18.4 Å². The fourth-order valence-corrected chi connectivity index (χ4v) is 2.29. The molecule has 0 spiro atoms. The van der Waals surface area contributed by atoms with Crippen molar-refractivity contribution >= 4 is 5.91 Å². The van der Waals surface area contributed by atoms with E-state index in [-0.39, 0.29) is 17.9 Å². The summed E-state index contributed by atoms with van der Waals surface area (Å²) in [5.41, 5.74) is -0.135. The lowest BCUT2D eigenvalue weighted by molar-refractivity contribution is -0.122. The minimum absolute atomic E-state index is 0.124. The van der Waals surface area contributed by atoms with E-state index in [9.17, 15) is 9.90 Å². The van der Waals surface area contributed by atoms with Crippen LogP contribution in [0.25, 0.3) is 0 Å². The maximum absolute atomic E-state index is 11.8. The predicted molar refractivity (Wildman–Crippen MR) is 68.7 cm³/mol. The highest BCUT2D eigenvalue weighted by Crippen LogP contribution is 2.24. The zero-order valence-corrected chi connectivity index (χ0v) is 11.1. The van der Waals surface area contributed by atoms with Crippen LogP contribution in [0.15, 0.2) is 0 Å². The first-order chi connectivity index (χ1) is 8.15. The van der Waals surface area contributed by atoms with Crippen LogP contribution in [0.4, 0.5) is 0 Å². The second-order valence-electron chi connectivity index (χ2n) is 5.20. The molecule has 4 nitrogen and oxygen atoms in total. The van der Waals surface area contributed by atoms with Crippen molar-refractivity contribution in [3.63, 3.8) is 0 Å². The number of hydrogen-bond donors (Lipinski definition) is 3. The maximum atomic E-state index is 11.8. The molecule has 0 saturated carbocycles. The van der Waals surface area contributed by atoms with E-state index in [0.717, 1.165) is 32.4 Å². The molecule has 17 heavy (non-hydrogen) atoms. The van der Waals surface area contributed by atoms with Crippen LogP contribution in [0.3, 0.4) is 0 Å². The molecule has 0 bridgehead atoms. The fourth-order valence-electron chi connectivity index (χ4n) is 2.29. The highest BCUT2D eigenvalue weighted by Gasteiger charge is 2.26. The van der Waals surface area contributed by atoms with E-state index in [1.54, 1.807) is 0 Å². The average molecular weight is 242 g/mol. The molecule has 1 atom stereocenters. The van der Waals surface area contributed by atoms with Crippen LogP contribution in [0, 0.1) is 11.3 Å². The third-order valence-corrected chi connectivity index (χ3v) is 4.13. The molecular weight excluding hydrogens is 216 g/mol. The summed E-state index contributed by atoms with van der Waals surface area (Å²) in [5, 5.41) is 15.7. The maximum Gasteiger partial charge on any atom is 0.220 e. The number of rotatable bonds is 7. The van der Waals surface area contributed by atoms with Gasteiger partial charge >= 0.3 is 0 Å². The molecule has 100 valence electrons. The van der Waals surface area contributed by atoms with Gasteiger partial charge in [-0.05, 0) is 38.3 Å². The van der Waals surface area contributed by atoms with E-state index >= 15 is 0 Å². The molecule has 0 aromatic heterocycles. The molecule has 1 unspecified atom stereocenters. The third kappa shape index (κ3) is 4.28. The predicted octanol–water partition coefficient (Wildman–Crippen LogP) is 0.901. The van der Waals surface area contributed by atoms with Crippen molar-refractivity contribution in [1.29, 1.82) is 0 Å². The van der Waals surface area contributed by atoms with E-state index in [4.69, 9.17) is 0 Å². The summed E-state index contributed by atoms with van der Waals surface area (Å²) in [4.78, 5) is 11.8. The van der Waals surface area contributed by atoms with E-state index in [2.05, 4.69) is 24.5 Å². The van der Waals surface area contributed by atoms with Gasteiger partial charge in [-0.1, -0.05) is 13.8 Å². The molecule has 3 N–H and O–H groups in total. The van der Waals surface area contributed by atoms with Crippen LogP contribution in [0.2, 0.25) is 0 Å². The number of nitrogens with one attached hydrogen (secondary N) is 2. The zero-order chi connectivity index (χ0) is 12.7. The van der Waals surface area contributed by atoms with Crippen LogP contribution < -0.4 is 10.6 Å². The van der Waals surface area contributed by atoms with Crippen molar-refractivity contribution in [3.05, 3.63) is 0 Å². The first kappa shape index (κ1) is 14.5. The van der Waals surface area contributed by atoms with Crippen LogP contribution in [-0.2, 0) is 4.79 Å². The largest absolute Gasteiger partial charge is 0.396 e. The van der Waals surface area contributed by atoms with Gasteiger partial charge in [-0.15, -0.1) is 0 Å². The normalized spacial score (nSPS) is 20.5. The topological polar surface area (TPSA) is 61.4 Å². The van der Waals surface area contributed by atoms with Crippen molar-refractivity contribution in [1.82, 2.24) is 10.6 Å². The second-order valence-corrected chi connectivity index (χ2v) is 5.20. The Hall–Kier alpha value is -0.610. The van der Waals surface area contributed by atoms with Gasteiger partial charge in [0.2, 0.25) is 5.91 Å². The fraction of sp³-hybridized carbons (Fsp3) is 0.923. The lowest BCUT2D eigenvalue weighted by Gasteiger charge is -2.29. The van der Waals surface area contributed by atoms with E-state index < -0.39 is 0 Å². The Bertz CT molecular complexity index is 225. The molecule has 4 heteroatoms. The Morgan fingerprint density at radius 2 is 2.18 bits per heavy atom. The minimum Gasteiger partial charge on any atom is -0.396 e. The van der Waals surface area contributed by atoms with Crippen molar-refractivity contribution in [2.75, 3.05) is 26.2 Å². The van der Waals surface area contributed by atoms with Crippen LogP contribution >= 0.6 is 0 Å². The Labute approximate surface area is 104 Å². The monoisotopic (exact) mass is 242 g/mol. The Balaban J connectivity index is 2.30. The Morgan fingerprint density at radius 1 is 1.47 bits per heavy atom. The summed E-state index contributed by atoms with van der Waals surface area (Å²) < 4.78 is 0. The first-order valence-corrected chi connectivity index (χ1v) is 6.74. The van der Waals surface area contributed by atoms with Crippen molar-refractivity contribution in [3.8, 4) is 0 Å². The summed E-state index contributed by atoms with van der Waals surface area (Å²) in [6.07, 6.45) is 3.50. The average Bonchev–Trinajstić information content (AvgIpc) is 2.84. The number of aliphatic hydroxyl groups is 1. The standard InChI is InChI=1S/C13H26N2O2/c1-3-13(4-2,10-16)9-15-12(17)7-11-5-6-14-8-11/h11,14,16H,3-10H2,1-2H3,(H,15,17). The van der Waals surface area contributed by atoms with Crippen molar-refractivity contribution < 1.29 is 9.90 Å². The molecule has 1 aliphatic heterocycles. The van der Waals surface area contributed by atoms with Gasteiger partial charge in [-0.2, -0.15) is 0 Å². The molecule has 1 heterocycles. The molecule has 0 aromatic carbocycles. The van der Waals surface area contributed by atoms with Crippen molar-refractivity contribution in [2.24, 2.45) is 11.3 Å². The Morgan fingerprint density at radius 3 is 2.65 bits per heavy atom. The SMILES string of the molecule is CCC(CC)(CO)CNC(=O)CC1CCNC1. The summed E-state index contributed by atoms with van der Waals surface area (Å²) in [5.74, 6) is 0.611. The van der Waals surface area contributed by atoms with Crippen LogP contribution in [-0.4, -0.2) is 37.3 Å². The molecule has 1 aliphatic rings. The highest BCUT2D eigenvalue weighted by molar-refractivity contribution is 5.76. The molecule has 0 aromatic rings. The number of carbonyl (C=O) groups is 1. The first-order valence-electron chi connectivity index (χ1n) is 6.74. The molecular formula is C13H26N2O2. The highest BCUT2D eigenvalue weighted by atomic mass is 16.3. The van der Waals surface area contributed by atoms with Gasteiger partial charge in [0.25, 0.3) is 0 Å². The van der Waals surface area contributed by atoms with Gasteiger partial charge in [0.15, 0.2) is 0 Å². The lowest BCUT2D eigenvalue weighted by Crippen LogP contribution is -2.40. The number of carbonyl (C=O) groups excluding carboxylic acids is 1. The molecule has 1 saturated heterocycles. The summed E-state index contributed by atoms with van der Waals surface area (Å²) in [6.45, 7) is 6.85. The van der Waals surface area contributed by atoms with Gasteiger partial charge in [-0.25, -0.2) is 0 Å². The van der Waals surface area contributed by atoms with Gasteiger partial charge < -0.3 is 15.7 Å². The quantitative estimate of drug-likeness (QED) is 0.621. The van der Waals surface area contributed by atoms with Gasteiger partial charge in [0.1, 0.15) is 0 Å². The summed E-state index contributed by atoms with van der Waals surface area (Å²) >= 11 is 0. The molecule has 1 amide bonds. The smallest absolute Gasteiger partial charge is 0.220 e. The minimum atomic E-state index is -0.135. The molecule has 1 fully saturated rings. The third-order valence-electron chi connectivity index (χ3n) is 4.13. The van der Waals surface area contributed by atoms with Crippen LogP contribution in [0.5, 0.6) is 0 Å². The number of amides is 1. The summed E-state index contributed by atoms with van der Waals surface area (Å²) in [6, 6.07) is 0. The number of aliphatic hydroxyl groups excluding tert-OH is 1. The van der Waals surface area contributed by atoms with Gasteiger partial charge in [0.05, 0.1) is 6.61 Å². The summed E-state index contributed by atoms with van der Waals surface area (Å²) in [7, 11) is 0. The molecule has 0 aliphatic carbocycles. The second kappa shape index (κ2) is 6.97. The zero-order valence-electron chi connectivity index (χ0n) is 11.1. The number of hydrogen-bond acceptors (Lipinski definition) is 3. The molecule has 1 rings (SSSR count). The van der Waals surface area contributed by atoms with E-state index in [1.165, 1.54) is 0 Å². The lowest BCUT2D eigenvalue weighted by atomic mass is 9.83.